The van der Waals surface area contributed by atoms with E-state index in [2.05, 4.69) is 6.92 Å². The maximum Gasteiger partial charge on any atom is 0.255 e. The summed E-state index contributed by atoms with van der Waals surface area (Å²) in [5.74, 6) is 0.686. The van der Waals surface area contributed by atoms with Crippen LogP contribution in [0.15, 0.2) is 60.7 Å². The van der Waals surface area contributed by atoms with Crippen molar-refractivity contribution in [1.29, 1.82) is 0 Å². The molecule has 148 valence electrons. The molecule has 2 aromatic rings. The number of thioether (sulfide) groups is 1. The largest absolute Gasteiger partial charge is 0.350 e. The van der Waals surface area contributed by atoms with Gasteiger partial charge >= 0.3 is 0 Å². The maximum absolute atomic E-state index is 13.0. The van der Waals surface area contributed by atoms with E-state index in [1.54, 1.807) is 4.90 Å². The van der Waals surface area contributed by atoms with Crippen molar-refractivity contribution in [3.63, 3.8) is 0 Å². The number of hydrogen-bond acceptors (Lipinski definition) is 4. The first kappa shape index (κ1) is 20.6. The molecule has 0 N–H and O–H groups in total. The van der Waals surface area contributed by atoms with Crippen molar-refractivity contribution in [1.82, 2.24) is 4.90 Å². The lowest BCUT2D eigenvalue weighted by Gasteiger charge is -2.22. The molecule has 4 nitrogen and oxygen atoms in total. The highest BCUT2D eigenvalue weighted by atomic mass is 32.2. The van der Waals surface area contributed by atoms with Crippen LogP contribution >= 0.6 is 11.8 Å². The number of amides is 1. The van der Waals surface area contributed by atoms with Gasteiger partial charge in [-0.25, -0.2) is 0 Å². The number of nitrogens with zero attached hydrogens (tertiary/aromatic N) is 1. The van der Waals surface area contributed by atoms with Crippen molar-refractivity contribution in [3.8, 4) is 0 Å². The van der Waals surface area contributed by atoms with E-state index in [-0.39, 0.29) is 11.0 Å². The topological polar surface area (TPSA) is 49.9 Å². The Hall–Kier alpha value is -2.11. The Kier molecular flexibility index (Phi) is 7.69. The SMILES string of the molecule is CCCCCSC(=O)[C@@H]1O[C@@H]1C(=O)N(Cc1ccccc1)Cc1ccccc1. The van der Waals surface area contributed by atoms with Gasteiger partial charge in [0.1, 0.15) is 0 Å². The number of benzene rings is 2. The summed E-state index contributed by atoms with van der Waals surface area (Å²) in [5.41, 5.74) is 2.12. The van der Waals surface area contributed by atoms with Gasteiger partial charge in [0.2, 0.25) is 5.12 Å². The lowest BCUT2D eigenvalue weighted by molar-refractivity contribution is -0.133. The predicted molar refractivity (Wildman–Crippen MR) is 113 cm³/mol. The van der Waals surface area contributed by atoms with Gasteiger partial charge in [-0.1, -0.05) is 92.2 Å². The Bertz CT molecular complexity index is 724. The predicted octanol–water partition coefficient (Wildman–Crippen LogP) is 4.43. The minimum absolute atomic E-state index is 0.0196. The molecule has 28 heavy (non-hydrogen) atoms. The molecule has 1 heterocycles. The van der Waals surface area contributed by atoms with E-state index >= 15 is 0 Å². The summed E-state index contributed by atoms with van der Waals surface area (Å²) in [4.78, 5) is 27.1. The van der Waals surface area contributed by atoms with Crippen molar-refractivity contribution in [2.75, 3.05) is 5.75 Å². The average Bonchev–Trinajstić information content (AvgIpc) is 3.53. The van der Waals surface area contributed by atoms with E-state index in [4.69, 9.17) is 4.74 Å². The first-order valence-corrected chi connectivity index (χ1v) is 10.9. The van der Waals surface area contributed by atoms with Crippen LogP contribution in [0.1, 0.15) is 37.3 Å². The Morgan fingerprint density at radius 3 is 2.00 bits per heavy atom. The highest BCUT2D eigenvalue weighted by Crippen LogP contribution is 2.30. The van der Waals surface area contributed by atoms with E-state index in [1.165, 1.54) is 11.8 Å². The van der Waals surface area contributed by atoms with Gasteiger partial charge in [-0.3, -0.25) is 9.59 Å². The van der Waals surface area contributed by atoms with E-state index in [0.717, 1.165) is 36.1 Å². The summed E-state index contributed by atoms with van der Waals surface area (Å²) in [6.45, 7) is 3.14. The summed E-state index contributed by atoms with van der Waals surface area (Å²) in [6.07, 6.45) is 2.04. The number of rotatable bonds is 10. The van der Waals surface area contributed by atoms with Gasteiger partial charge in [0.25, 0.3) is 5.91 Å². The van der Waals surface area contributed by atoms with Crippen LogP contribution in [0, 0.1) is 0 Å². The minimum atomic E-state index is -0.640. The fourth-order valence-electron chi connectivity index (χ4n) is 3.09. The number of carbonyl (C=O) groups is 2. The third kappa shape index (κ3) is 5.94. The van der Waals surface area contributed by atoms with Crippen LogP contribution in [-0.2, 0) is 27.4 Å². The zero-order chi connectivity index (χ0) is 19.8. The molecule has 1 aliphatic heterocycles. The number of unbranched alkanes of at least 4 members (excludes halogenated alkanes) is 2. The summed E-state index contributed by atoms with van der Waals surface area (Å²) >= 11 is 1.29. The molecule has 0 spiro atoms. The first-order valence-electron chi connectivity index (χ1n) is 9.87. The van der Waals surface area contributed by atoms with Gasteiger partial charge in [-0.05, 0) is 17.5 Å². The smallest absolute Gasteiger partial charge is 0.255 e. The van der Waals surface area contributed by atoms with E-state index in [0.29, 0.717) is 13.1 Å². The molecule has 5 heteroatoms. The third-order valence-corrected chi connectivity index (χ3v) is 5.71. The average molecular weight is 398 g/mol. The number of hydrogen-bond donors (Lipinski definition) is 0. The summed E-state index contributed by atoms with van der Waals surface area (Å²) < 4.78 is 5.49. The molecule has 0 radical (unpaired) electrons. The summed E-state index contributed by atoms with van der Waals surface area (Å²) in [7, 11) is 0. The minimum Gasteiger partial charge on any atom is -0.350 e. The standard InChI is InChI=1S/C23H27NO3S/c1-2-3-10-15-28-23(26)21-20(27-21)22(25)24(16-18-11-6-4-7-12-18)17-19-13-8-5-9-14-19/h4-9,11-14,20-21H,2-3,10,15-17H2,1H3/t20-,21+/m0/s1. The van der Waals surface area contributed by atoms with Crippen LogP contribution in [0.2, 0.25) is 0 Å². The van der Waals surface area contributed by atoms with Crippen LogP contribution in [-0.4, -0.2) is 33.9 Å². The van der Waals surface area contributed by atoms with Gasteiger partial charge in [-0.2, -0.15) is 0 Å². The molecule has 0 saturated carbocycles. The summed E-state index contributed by atoms with van der Waals surface area (Å²) in [5, 5.41) is -0.0196. The molecular weight excluding hydrogens is 370 g/mol. The van der Waals surface area contributed by atoms with Crippen molar-refractivity contribution in [3.05, 3.63) is 71.8 Å². The molecular formula is C23H27NO3S. The van der Waals surface area contributed by atoms with Crippen LogP contribution in [0.3, 0.4) is 0 Å². The molecule has 1 fully saturated rings. The Morgan fingerprint density at radius 1 is 0.893 bits per heavy atom. The fourth-order valence-corrected chi connectivity index (χ4v) is 3.98. The highest BCUT2D eigenvalue weighted by molar-refractivity contribution is 8.13. The molecule has 0 aromatic heterocycles. The van der Waals surface area contributed by atoms with Gasteiger partial charge in [0, 0.05) is 18.8 Å². The Labute approximate surface area is 171 Å². The second-order valence-corrected chi connectivity index (χ2v) is 8.12. The Morgan fingerprint density at radius 2 is 1.46 bits per heavy atom. The van der Waals surface area contributed by atoms with Crippen LogP contribution in [0.5, 0.6) is 0 Å². The fraction of sp³-hybridized carbons (Fsp3) is 0.391. The van der Waals surface area contributed by atoms with E-state index in [1.807, 2.05) is 60.7 Å². The zero-order valence-corrected chi connectivity index (χ0v) is 17.1. The molecule has 3 rings (SSSR count). The number of ether oxygens (including phenoxy) is 1. The van der Waals surface area contributed by atoms with Crippen molar-refractivity contribution in [2.24, 2.45) is 0 Å². The van der Waals surface area contributed by atoms with Crippen molar-refractivity contribution in [2.45, 2.75) is 51.5 Å². The number of epoxide rings is 1. The monoisotopic (exact) mass is 397 g/mol. The van der Waals surface area contributed by atoms with Crippen molar-refractivity contribution >= 4 is 22.8 Å². The normalized spacial score (nSPS) is 17.9. The third-order valence-electron chi connectivity index (χ3n) is 4.70. The molecule has 1 saturated heterocycles. The van der Waals surface area contributed by atoms with Crippen LogP contribution in [0.4, 0.5) is 0 Å². The van der Waals surface area contributed by atoms with Crippen LogP contribution in [0.25, 0.3) is 0 Å². The molecule has 2 aromatic carbocycles. The molecule has 0 bridgehead atoms. The lowest BCUT2D eigenvalue weighted by Crippen LogP contribution is -2.35. The van der Waals surface area contributed by atoms with Crippen LogP contribution < -0.4 is 0 Å². The molecule has 1 aliphatic rings. The van der Waals surface area contributed by atoms with Gasteiger partial charge in [-0.15, -0.1) is 0 Å². The van der Waals surface area contributed by atoms with E-state index < -0.39 is 12.2 Å². The van der Waals surface area contributed by atoms with Gasteiger partial charge in [0.05, 0.1) is 0 Å². The van der Waals surface area contributed by atoms with Gasteiger partial charge in [0.15, 0.2) is 12.2 Å². The lowest BCUT2D eigenvalue weighted by atomic mass is 10.1. The second-order valence-electron chi connectivity index (χ2n) is 7.02. The highest BCUT2D eigenvalue weighted by Gasteiger charge is 2.51. The maximum atomic E-state index is 13.0. The quantitative estimate of drug-likeness (QED) is 0.439. The zero-order valence-electron chi connectivity index (χ0n) is 16.3. The molecule has 2 atom stereocenters. The molecule has 0 aliphatic carbocycles. The first-order chi connectivity index (χ1) is 13.7. The second kappa shape index (κ2) is 10.4. The van der Waals surface area contributed by atoms with Gasteiger partial charge < -0.3 is 9.64 Å². The molecule has 1 amide bonds. The van der Waals surface area contributed by atoms with Crippen molar-refractivity contribution < 1.29 is 14.3 Å². The summed E-state index contributed by atoms with van der Waals surface area (Å²) in [6, 6.07) is 19.8. The van der Waals surface area contributed by atoms with E-state index in [9.17, 15) is 9.59 Å². The number of carbonyl (C=O) groups excluding carboxylic acids is 2. The Balaban J connectivity index is 1.61. The molecule has 0 unspecified atom stereocenters.